The van der Waals surface area contributed by atoms with Crippen molar-refractivity contribution in [1.29, 1.82) is 0 Å². The third-order valence-electron chi connectivity index (χ3n) is 5.31. The van der Waals surface area contributed by atoms with Crippen molar-refractivity contribution in [2.45, 2.75) is 19.3 Å². The molecule has 1 saturated heterocycles. The molecular weight excluding hydrogens is 349 g/mol. The van der Waals surface area contributed by atoms with Gasteiger partial charge < -0.3 is 15.1 Å². The molecule has 0 bridgehead atoms. The highest BCUT2D eigenvalue weighted by atomic mass is 19.1. The lowest BCUT2D eigenvalue weighted by Crippen LogP contribution is -2.47. The molecule has 0 saturated carbocycles. The number of carbonyl (C=O) groups is 1. The smallest absolute Gasteiger partial charge is 0.258 e. The van der Waals surface area contributed by atoms with Gasteiger partial charge in [0.25, 0.3) is 5.56 Å². The molecule has 27 heavy (non-hydrogen) atoms. The first-order valence-electron chi connectivity index (χ1n) is 9.22. The molecule has 1 fully saturated rings. The van der Waals surface area contributed by atoms with Crippen LogP contribution in [-0.4, -0.2) is 53.5 Å². The van der Waals surface area contributed by atoms with Gasteiger partial charge in [0.1, 0.15) is 11.6 Å². The Morgan fingerprint density at radius 2 is 2.00 bits per heavy atom. The van der Waals surface area contributed by atoms with Gasteiger partial charge in [-0.2, -0.15) is 4.98 Å². The van der Waals surface area contributed by atoms with Crippen molar-refractivity contribution in [3.63, 3.8) is 0 Å². The number of hydrogen-bond acceptors (Lipinski definition) is 5. The Bertz CT molecular complexity index is 921. The van der Waals surface area contributed by atoms with Crippen molar-refractivity contribution < 1.29 is 9.18 Å². The van der Waals surface area contributed by atoms with E-state index in [1.54, 1.807) is 12.1 Å². The Morgan fingerprint density at radius 1 is 1.22 bits per heavy atom. The Balaban J connectivity index is 1.70. The van der Waals surface area contributed by atoms with Crippen molar-refractivity contribution >= 4 is 17.7 Å². The fraction of sp³-hybridized carbons (Fsp3) is 0.421. The van der Waals surface area contributed by atoms with Crippen LogP contribution in [-0.2, 0) is 4.79 Å². The van der Waals surface area contributed by atoms with Crippen LogP contribution in [0.1, 0.15) is 30.4 Å². The number of anilines is 2. The van der Waals surface area contributed by atoms with E-state index >= 15 is 0 Å². The third kappa shape index (κ3) is 3.44. The fourth-order valence-electron chi connectivity index (χ4n) is 3.79. The number of piperazine rings is 1. The lowest BCUT2D eigenvalue weighted by Gasteiger charge is -2.35. The molecule has 0 radical (unpaired) electrons. The number of nitrogens with one attached hydrogen (secondary N) is 2. The van der Waals surface area contributed by atoms with Crippen molar-refractivity contribution in [2.24, 2.45) is 0 Å². The van der Waals surface area contributed by atoms with Crippen LogP contribution in [0.5, 0.6) is 0 Å². The molecule has 7 nitrogen and oxygen atoms in total. The number of likely N-dealkylation sites (N-methyl/N-ethyl adjacent to an activating group) is 1. The number of H-pyrrole nitrogens is 1. The molecule has 1 aromatic heterocycles. The summed E-state index contributed by atoms with van der Waals surface area (Å²) in [4.78, 5) is 36.8. The number of halogens is 1. The summed E-state index contributed by atoms with van der Waals surface area (Å²) >= 11 is 0. The molecule has 2 aromatic rings. The van der Waals surface area contributed by atoms with Gasteiger partial charge in [-0.1, -0.05) is 19.1 Å². The number of carbonyl (C=O) groups excluding carboxylic acids is 1. The summed E-state index contributed by atoms with van der Waals surface area (Å²) in [7, 11) is 0. The zero-order valence-electron chi connectivity index (χ0n) is 15.2. The molecule has 4 rings (SSSR count). The van der Waals surface area contributed by atoms with Gasteiger partial charge in [-0.25, -0.2) is 4.39 Å². The highest BCUT2D eigenvalue weighted by Gasteiger charge is 2.32. The van der Waals surface area contributed by atoms with Crippen LogP contribution < -0.4 is 15.8 Å². The molecule has 142 valence electrons. The summed E-state index contributed by atoms with van der Waals surface area (Å²) in [6.07, 6.45) is 0.0930. The van der Waals surface area contributed by atoms with Crippen LogP contribution in [0.3, 0.4) is 0 Å². The van der Waals surface area contributed by atoms with Crippen LogP contribution in [0.25, 0.3) is 0 Å². The average molecular weight is 371 g/mol. The van der Waals surface area contributed by atoms with Gasteiger partial charge in [0.05, 0.1) is 5.56 Å². The van der Waals surface area contributed by atoms with E-state index in [-0.39, 0.29) is 23.7 Å². The van der Waals surface area contributed by atoms with E-state index in [4.69, 9.17) is 0 Å². The summed E-state index contributed by atoms with van der Waals surface area (Å²) in [6, 6.07) is 6.02. The molecular formula is C19H22FN5O2. The molecule has 1 aromatic carbocycles. The first-order chi connectivity index (χ1) is 13.0. The van der Waals surface area contributed by atoms with Gasteiger partial charge in [-0.15, -0.1) is 0 Å². The topological polar surface area (TPSA) is 81.3 Å². The monoisotopic (exact) mass is 371 g/mol. The maximum Gasteiger partial charge on any atom is 0.258 e. The van der Waals surface area contributed by atoms with E-state index in [9.17, 15) is 14.0 Å². The van der Waals surface area contributed by atoms with Crippen LogP contribution in [0, 0.1) is 5.82 Å². The maximum absolute atomic E-state index is 13.7. The van der Waals surface area contributed by atoms with Crippen LogP contribution >= 0.6 is 0 Å². The molecule has 1 unspecified atom stereocenters. The zero-order chi connectivity index (χ0) is 19.0. The van der Waals surface area contributed by atoms with Gasteiger partial charge in [-0.05, 0) is 24.2 Å². The highest BCUT2D eigenvalue weighted by Crippen LogP contribution is 2.34. The number of benzene rings is 1. The first kappa shape index (κ1) is 17.7. The number of aromatic nitrogens is 2. The summed E-state index contributed by atoms with van der Waals surface area (Å²) in [5, 5.41) is 2.71. The second-order valence-corrected chi connectivity index (χ2v) is 6.93. The maximum atomic E-state index is 13.7. The molecule has 2 N–H and O–H groups in total. The van der Waals surface area contributed by atoms with Gasteiger partial charge in [-0.3, -0.25) is 14.6 Å². The van der Waals surface area contributed by atoms with Crippen molar-refractivity contribution in [3.8, 4) is 0 Å². The van der Waals surface area contributed by atoms with Crippen molar-refractivity contribution in [1.82, 2.24) is 14.9 Å². The SMILES string of the molecule is CCN1CCN(c2nc3c(c(=O)[nH]2)C(c2cccc(F)c2)CC(=O)N3)CC1. The predicted molar refractivity (Wildman–Crippen MR) is 101 cm³/mol. The number of hydrogen-bond donors (Lipinski definition) is 2. The van der Waals surface area contributed by atoms with Crippen LogP contribution in [0.15, 0.2) is 29.1 Å². The number of rotatable bonds is 3. The molecule has 2 aliphatic rings. The van der Waals surface area contributed by atoms with E-state index in [0.29, 0.717) is 17.1 Å². The van der Waals surface area contributed by atoms with Crippen LogP contribution in [0.2, 0.25) is 0 Å². The van der Waals surface area contributed by atoms with E-state index in [1.165, 1.54) is 12.1 Å². The summed E-state index contributed by atoms with van der Waals surface area (Å²) in [5.41, 5.74) is 0.695. The lowest BCUT2D eigenvalue weighted by molar-refractivity contribution is -0.116. The van der Waals surface area contributed by atoms with E-state index in [0.717, 1.165) is 32.7 Å². The standard InChI is InChI=1S/C19H22FN5O2/c1-2-24-6-8-25(9-7-24)19-22-17-16(18(27)23-19)14(11-15(26)21-17)12-4-3-5-13(20)10-12/h3-5,10,14H,2,6-9,11H2,1H3,(H2,21,22,23,26,27). The third-order valence-corrected chi connectivity index (χ3v) is 5.31. The zero-order valence-corrected chi connectivity index (χ0v) is 15.2. The second kappa shape index (κ2) is 7.11. The molecule has 1 amide bonds. The summed E-state index contributed by atoms with van der Waals surface area (Å²) < 4.78 is 13.7. The van der Waals surface area contributed by atoms with Crippen molar-refractivity contribution in [2.75, 3.05) is 42.9 Å². The number of aromatic amines is 1. The fourth-order valence-corrected chi connectivity index (χ4v) is 3.79. The Hall–Kier alpha value is -2.74. The largest absolute Gasteiger partial charge is 0.340 e. The van der Waals surface area contributed by atoms with Gasteiger partial charge in [0.2, 0.25) is 11.9 Å². The minimum atomic E-state index is -0.508. The molecule has 1 atom stereocenters. The first-order valence-corrected chi connectivity index (χ1v) is 9.22. The van der Waals surface area contributed by atoms with Crippen LogP contribution in [0.4, 0.5) is 16.2 Å². The minimum absolute atomic E-state index is 0.0930. The molecule has 2 aliphatic heterocycles. The quantitative estimate of drug-likeness (QED) is 0.855. The Morgan fingerprint density at radius 3 is 2.70 bits per heavy atom. The predicted octanol–water partition coefficient (Wildman–Crippen LogP) is 1.52. The molecule has 0 aliphatic carbocycles. The summed E-state index contributed by atoms with van der Waals surface area (Å²) in [5.74, 6) is -0.384. The lowest BCUT2D eigenvalue weighted by atomic mass is 9.87. The molecule has 3 heterocycles. The summed E-state index contributed by atoms with van der Waals surface area (Å²) in [6.45, 7) is 6.43. The highest BCUT2D eigenvalue weighted by molar-refractivity contribution is 5.94. The molecule has 0 spiro atoms. The second-order valence-electron chi connectivity index (χ2n) is 6.93. The van der Waals surface area contributed by atoms with Gasteiger partial charge in [0.15, 0.2) is 0 Å². The van der Waals surface area contributed by atoms with Crippen molar-refractivity contribution in [3.05, 3.63) is 51.6 Å². The minimum Gasteiger partial charge on any atom is -0.340 e. The molecule has 8 heteroatoms. The van der Waals surface area contributed by atoms with E-state index in [2.05, 4.69) is 27.1 Å². The Kier molecular flexibility index (Phi) is 4.65. The normalized spacial score (nSPS) is 20.3. The Labute approximate surface area is 156 Å². The van der Waals surface area contributed by atoms with E-state index < -0.39 is 11.7 Å². The van der Waals surface area contributed by atoms with E-state index in [1.807, 2.05) is 4.90 Å². The number of fused-ring (bicyclic) bond motifs is 1. The average Bonchev–Trinajstić information content (AvgIpc) is 2.67. The number of amides is 1. The van der Waals surface area contributed by atoms with Gasteiger partial charge in [0, 0.05) is 38.5 Å². The number of nitrogens with zero attached hydrogens (tertiary/aromatic N) is 3. The van der Waals surface area contributed by atoms with Gasteiger partial charge >= 0.3 is 0 Å².